The first-order chi connectivity index (χ1) is 12.1. The Kier molecular flexibility index (Phi) is 4.60. The van der Waals surface area contributed by atoms with Crippen molar-refractivity contribution in [3.05, 3.63) is 48.7 Å². The van der Waals surface area contributed by atoms with Crippen LogP contribution in [0.5, 0.6) is 5.88 Å². The summed E-state index contributed by atoms with van der Waals surface area (Å²) in [5.41, 5.74) is 3.89. The molecule has 0 bridgehead atoms. The molecule has 2 amide bonds. The number of rotatable bonds is 4. The van der Waals surface area contributed by atoms with Crippen molar-refractivity contribution in [2.75, 3.05) is 17.4 Å². The Hall–Kier alpha value is -3.42. The van der Waals surface area contributed by atoms with E-state index in [2.05, 4.69) is 20.7 Å². The second kappa shape index (κ2) is 7.00. The molecule has 1 aromatic heterocycles. The van der Waals surface area contributed by atoms with E-state index in [9.17, 15) is 9.59 Å². The Morgan fingerprint density at radius 2 is 2.00 bits per heavy atom. The molecular weight excluding hydrogens is 322 g/mol. The number of methoxy groups -OCH3 is 1. The third-order valence-corrected chi connectivity index (χ3v) is 3.55. The number of nitrogens with zero attached hydrogens (tertiary/aromatic N) is 3. The van der Waals surface area contributed by atoms with E-state index in [4.69, 9.17) is 4.74 Å². The molecule has 1 aromatic carbocycles. The van der Waals surface area contributed by atoms with E-state index in [0.717, 1.165) is 0 Å². The lowest BCUT2D eigenvalue weighted by atomic mass is 10.2. The average molecular weight is 339 g/mol. The van der Waals surface area contributed by atoms with E-state index >= 15 is 0 Å². The van der Waals surface area contributed by atoms with Crippen molar-refractivity contribution >= 4 is 29.0 Å². The normalized spacial score (nSPS) is 16.7. The van der Waals surface area contributed by atoms with Crippen molar-refractivity contribution in [1.82, 2.24) is 10.4 Å². The summed E-state index contributed by atoms with van der Waals surface area (Å²) in [5.74, 6) is -0.214. The number of anilines is 2. The van der Waals surface area contributed by atoms with E-state index in [-0.39, 0.29) is 11.7 Å². The van der Waals surface area contributed by atoms with Gasteiger partial charge in [-0.25, -0.2) is 15.0 Å². The highest BCUT2D eigenvalue weighted by Crippen LogP contribution is 2.16. The molecule has 0 fully saturated rings. The number of benzene rings is 1. The van der Waals surface area contributed by atoms with Gasteiger partial charge in [0, 0.05) is 6.07 Å². The lowest BCUT2D eigenvalue weighted by Crippen LogP contribution is -2.57. The van der Waals surface area contributed by atoms with Crippen molar-refractivity contribution in [2.45, 2.75) is 13.0 Å². The number of aromatic nitrogens is 1. The van der Waals surface area contributed by atoms with Crippen molar-refractivity contribution in [2.24, 2.45) is 4.99 Å². The fourth-order valence-corrected chi connectivity index (χ4v) is 2.27. The quantitative estimate of drug-likeness (QED) is 0.877. The maximum absolute atomic E-state index is 12.4. The number of hydrogen-bond acceptors (Lipinski definition) is 6. The topological polar surface area (TPSA) is 95.9 Å². The molecule has 1 atom stereocenters. The van der Waals surface area contributed by atoms with Crippen LogP contribution in [-0.2, 0) is 9.59 Å². The van der Waals surface area contributed by atoms with Crippen LogP contribution >= 0.6 is 0 Å². The average Bonchev–Trinajstić information content (AvgIpc) is 2.65. The third-order valence-electron chi connectivity index (χ3n) is 3.55. The predicted octanol–water partition coefficient (Wildman–Crippen LogP) is 1.37. The second-order valence-electron chi connectivity index (χ2n) is 5.32. The molecule has 1 aliphatic rings. The van der Waals surface area contributed by atoms with Crippen LogP contribution in [0.15, 0.2) is 53.7 Å². The molecule has 1 aliphatic heterocycles. The monoisotopic (exact) mass is 339 g/mol. The zero-order valence-corrected chi connectivity index (χ0v) is 13.8. The molecule has 8 nitrogen and oxygen atoms in total. The summed E-state index contributed by atoms with van der Waals surface area (Å²) in [6, 6.07) is 11.6. The van der Waals surface area contributed by atoms with Crippen LogP contribution in [0.25, 0.3) is 0 Å². The van der Waals surface area contributed by atoms with Gasteiger partial charge in [0.25, 0.3) is 11.8 Å². The summed E-state index contributed by atoms with van der Waals surface area (Å²) in [5, 5.41) is 4.00. The van der Waals surface area contributed by atoms with Gasteiger partial charge in [0.2, 0.25) is 11.7 Å². The largest absolute Gasteiger partial charge is 0.481 e. The molecule has 0 spiro atoms. The van der Waals surface area contributed by atoms with Crippen LogP contribution in [0, 0.1) is 0 Å². The van der Waals surface area contributed by atoms with Gasteiger partial charge in [-0.05, 0) is 25.1 Å². The molecule has 8 heteroatoms. The number of carbonyl (C=O) groups excluding carboxylic acids is 2. The number of ether oxygens (including phenoxy) is 1. The molecule has 128 valence electrons. The summed E-state index contributed by atoms with van der Waals surface area (Å²) in [4.78, 5) is 32.9. The van der Waals surface area contributed by atoms with E-state index in [1.165, 1.54) is 18.3 Å². The minimum Gasteiger partial charge on any atom is -0.481 e. The van der Waals surface area contributed by atoms with Crippen molar-refractivity contribution in [1.29, 1.82) is 0 Å². The number of hydrazine groups is 1. The molecule has 2 N–H and O–H groups in total. The molecular formula is C17H17N5O3. The highest BCUT2D eigenvalue weighted by molar-refractivity contribution is 6.43. The molecule has 25 heavy (non-hydrogen) atoms. The fourth-order valence-electron chi connectivity index (χ4n) is 2.27. The first-order valence-corrected chi connectivity index (χ1v) is 7.63. The van der Waals surface area contributed by atoms with Crippen LogP contribution in [0.3, 0.4) is 0 Å². The number of amidine groups is 1. The van der Waals surface area contributed by atoms with Gasteiger partial charge < -0.3 is 10.1 Å². The van der Waals surface area contributed by atoms with E-state index < -0.39 is 11.9 Å². The van der Waals surface area contributed by atoms with Crippen molar-refractivity contribution < 1.29 is 14.3 Å². The molecule has 0 saturated carbocycles. The van der Waals surface area contributed by atoms with Gasteiger partial charge in [0.1, 0.15) is 6.04 Å². The Labute approximate surface area is 144 Å². The van der Waals surface area contributed by atoms with Crippen LogP contribution in [-0.4, -0.2) is 35.8 Å². The lowest BCUT2D eigenvalue weighted by Gasteiger charge is -2.30. The number of hydrogen-bond donors (Lipinski definition) is 2. The van der Waals surface area contributed by atoms with Crippen LogP contribution in [0.1, 0.15) is 6.92 Å². The van der Waals surface area contributed by atoms with Gasteiger partial charge in [-0.3, -0.25) is 15.0 Å². The lowest BCUT2D eigenvalue weighted by molar-refractivity contribution is -0.120. The van der Waals surface area contributed by atoms with Gasteiger partial charge in [0.15, 0.2) is 0 Å². The number of pyridine rings is 1. The van der Waals surface area contributed by atoms with E-state index in [1.807, 2.05) is 18.2 Å². The molecule has 0 unspecified atom stereocenters. The van der Waals surface area contributed by atoms with E-state index in [0.29, 0.717) is 17.3 Å². The van der Waals surface area contributed by atoms with Crippen LogP contribution in [0.4, 0.5) is 11.4 Å². The summed E-state index contributed by atoms with van der Waals surface area (Å²) < 4.78 is 4.98. The molecule has 0 radical (unpaired) electrons. The number of para-hydroxylation sites is 1. The Balaban J connectivity index is 1.77. The number of carbonyl (C=O) groups is 2. The fraction of sp³-hybridized carbons (Fsp3) is 0.176. The zero-order valence-electron chi connectivity index (χ0n) is 13.8. The maximum Gasteiger partial charge on any atom is 0.292 e. The first-order valence-electron chi connectivity index (χ1n) is 7.63. The number of nitrogens with one attached hydrogen (secondary N) is 2. The molecule has 0 saturated heterocycles. The standard InChI is InChI=1S/C17H17N5O3/c1-11-17(24)22(13-6-4-3-5-7-13)21-15(19-11)16(23)20-12-8-9-14(25-2)18-10-12/h3-11H,1-2H3,(H,19,21)(H,20,23)/t11-/m1/s1. The highest BCUT2D eigenvalue weighted by Gasteiger charge is 2.30. The minimum atomic E-state index is -0.670. The van der Waals surface area contributed by atoms with Gasteiger partial charge >= 0.3 is 0 Å². The Bertz CT molecular complexity index is 805. The molecule has 0 aliphatic carbocycles. The number of aliphatic imine (C=N–C) groups is 1. The van der Waals surface area contributed by atoms with Crippen molar-refractivity contribution in [3.63, 3.8) is 0 Å². The van der Waals surface area contributed by atoms with Crippen LogP contribution in [0.2, 0.25) is 0 Å². The molecule has 2 aromatic rings. The number of amides is 2. The summed E-state index contributed by atoms with van der Waals surface area (Å²) in [7, 11) is 1.51. The second-order valence-corrected chi connectivity index (χ2v) is 5.32. The smallest absolute Gasteiger partial charge is 0.292 e. The third kappa shape index (κ3) is 3.57. The summed E-state index contributed by atoms with van der Waals surface area (Å²) in [6.45, 7) is 1.64. The van der Waals surface area contributed by atoms with Gasteiger partial charge in [0.05, 0.1) is 24.7 Å². The van der Waals surface area contributed by atoms with Crippen LogP contribution < -0.4 is 20.5 Å². The molecule has 3 rings (SSSR count). The SMILES string of the molecule is COc1ccc(NC(=O)C2=N[C@H](C)C(=O)N(c3ccccc3)N2)cn1. The minimum absolute atomic E-state index is 0.0479. The van der Waals surface area contributed by atoms with E-state index in [1.54, 1.807) is 31.2 Å². The van der Waals surface area contributed by atoms with Gasteiger partial charge in [-0.1, -0.05) is 18.2 Å². The summed E-state index contributed by atoms with van der Waals surface area (Å²) in [6.07, 6.45) is 1.48. The maximum atomic E-state index is 12.4. The zero-order chi connectivity index (χ0) is 17.8. The predicted molar refractivity (Wildman–Crippen MR) is 93.4 cm³/mol. The Morgan fingerprint density at radius 1 is 1.24 bits per heavy atom. The summed E-state index contributed by atoms with van der Waals surface area (Å²) >= 11 is 0. The van der Waals surface area contributed by atoms with Gasteiger partial charge in [-0.15, -0.1) is 0 Å². The Morgan fingerprint density at radius 3 is 2.64 bits per heavy atom. The van der Waals surface area contributed by atoms with Gasteiger partial charge in [-0.2, -0.15) is 0 Å². The van der Waals surface area contributed by atoms with Crippen molar-refractivity contribution in [3.8, 4) is 5.88 Å². The first kappa shape index (κ1) is 16.4. The highest BCUT2D eigenvalue weighted by atomic mass is 16.5. The molecule has 2 heterocycles.